The second-order valence-electron chi connectivity index (χ2n) is 2.31. The molecule has 0 N–H and O–H groups in total. The minimum Gasteiger partial charge on any atom is -0.461 e. The molecule has 1 aromatic heterocycles. The second-order valence-corrected chi connectivity index (χ2v) is 4.67. The maximum absolute atomic E-state index is 11.3. The molecule has 0 aliphatic rings. The summed E-state index contributed by atoms with van der Waals surface area (Å²) in [5.41, 5.74) is 0.446. The Morgan fingerprint density at radius 1 is 1.62 bits per heavy atom. The molecule has 0 unspecified atom stereocenters. The molecule has 0 aliphatic heterocycles. The molecule has 0 saturated heterocycles. The molecule has 0 atom stereocenters. The molecule has 0 amide bonds. The van der Waals surface area contributed by atoms with Crippen molar-refractivity contribution in [2.75, 3.05) is 6.61 Å². The Labute approximate surface area is 89.3 Å². The van der Waals surface area contributed by atoms with Gasteiger partial charge in [-0.3, -0.25) is 0 Å². The van der Waals surface area contributed by atoms with Crippen LogP contribution in [0, 0.1) is 0 Å². The average Bonchev–Trinajstić information content (AvgIpc) is 2.47. The fraction of sp³-hybridized carbons (Fsp3) is 0.500. The van der Waals surface area contributed by atoms with E-state index < -0.39 is 0 Å². The van der Waals surface area contributed by atoms with Crippen molar-refractivity contribution in [3.8, 4) is 0 Å². The van der Waals surface area contributed by atoms with Crippen LogP contribution in [0.25, 0.3) is 0 Å². The Balaban J connectivity index is 2.91. The van der Waals surface area contributed by atoms with Crippen LogP contribution < -0.4 is 0 Å². The average molecular weight is 264 g/mol. The molecular weight excluding hydrogens is 254 g/mol. The van der Waals surface area contributed by atoms with Crippen LogP contribution in [-0.2, 0) is 11.2 Å². The Morgan fingerprint density at radius 3 is 2.85 bits per heavy atom. The molecule has 5 heteroatoms. The number of esters is 1. The number of rotatable bonds is 3. The Morgan fingerprint density at radius 2 is 2.31 bits per heavy atom. The van der Waals surface area contributed by atoms with E-state index in [1.54, 1.807) is 6.92 Å². The minimum atomic E-state index is -0.332. The van der Waals surface area contributed by atoms with Crippen LogP contribution in [0.15, 0.2) is 3.92 Å². The van der Waals surface area contributed by atoms with E-state index in [9.17, 15) is 4.79 Å². The van der Waals surface area contributed by atoms with Crippen molar-refractivity contribution in [2.45, 2.75) is 20.3 Å². The van der Waals surface area contributed by atoms with Crippen molar-refractivity contribution in [1.82, 2.24) is 4.98 Å². The summed E-state index contributed by atoms with van der Waals surface area (Å²) in [5, 5.41) is 0. The first kappa shape index (κ1) is 10.7. The van der Waals surface area contributed by atoms with Gasteiger partial charge in [0.2, 0.25) is 0 Å². The standard InChI is InChI=1S/C8H10BrNO2S/c1-3-5-6(7(11)12-4-2)10-8(9)13-5/h3-4H2,1-2H3. The van der Waals surface area contributed by atoms with E-state index in [-0.39, 0.29) is 5.97 Å². The summed E-state index contributed by atoms with van der Waals surface area (Å²) in [6.45, 7) is 4.16. The lowest BCUT2D eigenvalue weighted by Crippen LogP contribution is -2.07. The summed E-state index contributed by atoms with van der Waals surface area (Å²) in [6.07, 6.45) is 0.803. The number of halogens is 1. The predicted molar refractivity (Wildman–Crippen MR) is 55.1 cm³/mol. The first-order valence-electron chi connectivity index (χ1n) is 4.01. The lowest BCUT2D eigenvalue weighted by molar-refractivity contribution is 0.0519. The van der Waals surface area contributed by atoms with Gasteiger partial charge in [0, 0.05) is 4.88 Å². The van der Waals surface area contributed by atoms with Gasteiger partial charge in [0.05, 0.1) is 6.61 Å². The Bertz CT molecular complexity index is 311. The van der Waals surface area contributed by atoms with Gasteiger partial charge in [-0.1, -0.05) is 6.92 Å². The predicted octanol–water partition coefficient (Wildman–Crippen LogP) is 2.64. The molecule has 1 heterocycles. The van der Waals surface area contributed by atoms with Crippen molar-refractivity contribution < 1.29 is 9.53 Å². The zero-order valence-corrected chi connectivity index (χ0v) is 9.87. The zero-order valence-electron chi connectivity index (χ0n) is 7.46. The van der Waals surface area contributed by atoms with Crippen LogP contribution in [0.3, 0.4) is 0 Å². The van der Waals surface area contributed by atoms with Crippen LogP contribution >= 0.6 is 27.3 Å². The number of hydrogen-bond acceptors (Lipinski definition) is 4. The van der Waals surface area contributed by atoms with E-state index in [0.29, 0.717) is 12.3 Å². The topological polar surface area (TPSA) is 39.2 Å². The zero-order chi connectivity index (χ0) is 9.84. The number of nitrogens with zero attached hydrogens (tertiary/aromatic N) is 1. The number of thiazole rings is 1. The summed E-state index contributed by atoms with van der Waals surface area (Å²) in [5.74, 6) is -0.332. The number of hydrogen-bond donors (Lipinski definition) is 0. The number of aryl methyl sites for hydroxylation is 1. The van der Waals surface area contributed by atoms with Crippen molar-refractivity contribution in [3.05, 3.63) is 14.5 Å². The third kappa shape index (κ3) is 2.51. The van der Waals surface area contributed by atoms with Gasteiger partial charge < -0.3 is 4.74 Å². The third-order valence-corrected chi connectivity index (χ3v) is 3.11. The quantitative estimate of drug-likeness (QED) is 0.788. The fourth-order valence-corrected chi connectivity index (χ4v) is 2.40. The van der Waals surface area contributed by atoms with E-state index >= 15 is 0 Å². The van der Waals surface area contributed by atoms with Crippen molar-refractivity contribution in [1.29, 1.82) is 0 Å². The van der Waals surface area contributed by atoms with E-state index in [1.807, 2.05) is 6.92 Å². The largest absolute Gasteiger partial charge is 0.461 e. The normalized spacial score (nSPS) is 10.1. The van der Waals surface area contributed by atoms with E-state index in [1.165, 1.54) is 11.3 Å². The molecule has 0 bridgehead atoms. The summed E-state index contributed by atoms with van der Waals surface area (Å²) in [6, 6.07) is 0. The maximum atomic E-state index is 11.3. The molecule has 13 heavy (non-hydrogen) atoms. The molecule has 1 aromatic rings. The molecular formula is C8H10BrNO2S. The van der Waals surface area contributed by atoms with E-state index in [4.69, 9.17) is 4.74 Å². The summed E-state index contributed by atoms with van der Waals surface area (Å²) in [7, 11) is 0. The molecule has 72 valence electrons. The van der Waals surface area contributed by atoms with Gasteiger partial charge in [-0.25, -0.2) is 9.78 Å². The highest BCUT2D eigenvalue weighted by molar-refractivity contribution is 9.11. The molecule has 0 spiro atoms. The van der Waals surface area contributed by atoms with Gasteiger partial charge in [0.1, 0.15) is 0 Å². The number of carbonyl (C=O) groups is 1. The highest BCUT2D eigenvalue weighted by atomic mass is 79.9. The minimum absolute atomic E-state index is 0.332. The Hall–Kier alpha value is -0.420. The second kappa shape index (κ2) is 4.72. The molecule has 0 aliphatic carbocycles. The number of ether oxygens (including phenoxy) is 1. The number of carbonyl (C=O) groups excluding carboxylic acids is 1. The lowest BCUT2D eigenvalue weighted by Gasteiger charge is -1.98. The lowest BCUT2D eigenvalue weighted by atomic mass is 10.3. The summed E-state index contributed by atoms with van der Waals surface area (Å²) in [4.78, 5) is 16.4. The molecule has 0 fully saturated rings. The molecule has 0 saturated carbocycles. The van der Waals surface area contributed by atoms with Gasteiger partial charge >= 0.3 is 5.97 Å². The molecule has 1 rings (SSSR count). The Kier molecular flexibility index (Phi) is 3.87. The van der Waals surface area contributed by atoms with Crippen LogP contribution in [0.1, 0.15) is 29.2 Å². The summed E-state index contributed by atoms with van der Waals surface area (Å²) < 4.78 is 5.60. The van der Waals surface area contributed by atoms with E-state index in [0.717, 1.165) is 15.2 Å². The summed E-state index contributed by atoms with van der Waals surface area (Å²) >= 11 is 4.72. The number of aromatic nitrogens is 1. The van der Waals surface area contributed by atoms with Crippen LogP contribution in [0.5, 0.6) is 0 Å². The fourth-order valence-electron chi connectivity index (χ4n) is 0.922. The third-order valence-electron chi connectivity index (χ3n) is 1.46. The van der Waals surface area contributed by atoms with Crippen molar-refractivity contribution in [2.24, 2.45) is 0 Å². The van der Waals surface area contributed by atoms with Crippen molar-refractivity contribution >= 4 is 33.2 Å². The maximum Gasteiger partial charge on any atom is 0.358 e. The van der Waals surface area contributed by atoms with Gasteiger partial charge in [-0.2, -0.15) is 0 Å². The molecule has 3 nitrogen and oxygen atoms in total. The van der Waals surface area contributed by atoms with E-state index in [2.05, 4.69) is 20.9 Å². The van der Waals surface area contributed by atoms with Gasteiger partial charge in [-0.05, 0) is 29.3 Å². The van der Waals surface area contributed by atoms with Crippen LogP contribution in [-0.4, -0.2) is 17.6 Å². The van der Waals surface area contributed by atoms with Crippen LogP contribution in [0.2, 0.25) is 0 Å². The van der Waals surface area contributed by atoms with Gasteiger partial charge in [0.25, 0.3) is 0 Å². The SMILES string of the molecule is CCOC(=O)c1nc(Br)sc1CC. The highest BCUT2D eigenvalue weighted by Gasteiger charge is 2.16. The van der Waals surface area contributed by atoms with Gasteiger partial charge in [-0.15, -0.1) is 11.3 Å². The van der Waals surface area contributed by atoms with Crippen molar-refractivity contribution in [3.63, 3.8) is 0 Å². The molecule has 0 aromatic carbocycles. The highest BCUT2D eigenvalue weighted by Crippen LogP contribution is 2.24. The first-order chi connectivity index (χ1) is 6.19. The smallest absolute Gasteiger partial charge is 0.358 e. The monoisotopic (exact) mass is 263 g/mol. The van der Waals surface area contributed by atoms with Gasteiger partial charge in [0.15, 0.2) is 9.61 Å². The first-order valence-corrected chi connectivity index (χ1v) is 5.62. The molecule has 0 radical (unpaired) electrons. The van der Waals surface area contributed by atoms with Crippen LogP contribution in [0.4, 0.5) is 0 Å².